The Bertz CT molecular complexity index is 423. The minimum Gasteiger partial charge on any atom is -0.481 e. The molecule has 0 aromatic heterocycles. The summed E-state index contributed by atoms with van der Waals surface area (Å²) in [5, 5.41) is 20.9. The third-order valence-corrected chi connectivity index (χ3v) is 3.48. The number of hydrogen-bond acceptors (Lipinski definition) is 5. The van der Waals surface area contributed by atoms with Crippen molar-refractivity contribution in [2.75, 3.05) is 5.75 Å². The van der Waals surface area contributed by atoms with Crippen molar-refractivity contribution in [2.24, 2.45) is 5.73 Å². The number of rotatable bonds is 9. The molecule has 0 rings (SSSR count). The molecular weight excluding hydrogens is 288 g/mol. The van der Waals surface area contributed by atoms with Crippen LogP contribution in [0.25, 0.3) is 0 Å². The van der Waals surface area contributed by atoms with Gasteiger partial charge >= 0.3 is 11.9 Å². The largest absolute Gasteiger partial charge is 0.481 e. The van der Waals surface area contributed by atoms with E-state index >= 15 is 0 Å². The van der Waals surface area contributed by atoms with Gasteiger partial charge in [0.05, 0.1) is 11.8 Å². The normalized spacial score (nSPS) is 15.5. The molecule has 20 heavy (non-hydrogen) atoms. The van der Waals surface area contributed by atoms with Crippen LogP contribution in [0, 0.1) is 0 Å². The molecule has 0 aromatic rings. The Morgan fingerprint density at radius 3 is 2.40 bits per heavy atom. The molecule has 114 valence electrons. The van der Waals surface area contributed by atoms with Crippen LogP contribution in [0.5, 0.6) is 0 Å². The number of allylic oxidation sites excluding steroid dienone is 1. The van der Waals surface area contributed by atoms with Gasteiger partial charge in [-0.05, 0) is 18.8 Å². The molecule has 0 saturated carbocycles. The van der Waals surface area contributed by atoms with Gasteiger partial charge in [0.1, 0.15) is 6.04 Å². The molecular formula is C11H18N2O6S. The van der Waals surface area contributed by atoms with E-state index in [0.29, 0.717) is 0 Å². The molecule has 0 fully saturated rings. The lowest BCUT2D eigenvalue weighted by Gasteiger charge is -2.16. The lowest BCUT2D eigenvalue weighted by Crippen LogP contribution is -2.50. The number of carbonyl (C=O) groups is 3. The first-order chi connectivity index (χ1) is 9.27. The summed E-state index contributed by atoms with van der Waals surface area (Å²) in [6, 6.07) is -2.46. The van der Waals surface area contributed by atoms with Crippen LogP contribution in [-0.4, -0.2) is 50.1 Å². The maximum atomic E-state index is 11.6. The van der Waals surface area contributed by atoms with Crippen LogP contribution >= 0.6 is 0 Å². The third kappa shape index (κ3) is 7.64. The summed E-state index contributed by atoms with van der Waals surface area (Å²) in [5.74, 6) is -3.49. The van der Waals surface area contributed by atoms with E-state index in [1.165, 1.54) is 11.5 Å². The Kier molecular flexibility index (Phi) is 8.41. The zero-order valence-electron chi connectivity index (χ0n) is 10.9. The van der Waals surface area contributed by atoms with Crippen molar-refractivity contribution in [3.05, 3.63) is 11.5 Å². The van der Waals surface area contributed by atoms with E-state index in [-0.39, 0.29) is 18.6 Å². The highest BCUT2D eigenvalue weighted by Crippen LogP contribution is 1.98. The van der Waals surface area contributed by atoms with E-state index in [1.807, 2.05) is 0 Å². The quantitative estimate of drug-likeness (QED) is 0.428. The summed E-state index contributed by atoms with van der Waals surface area (Å²) in [6.45, 7) is 1.63. The maximum absolute atomic E-state index is 11.6. The molecule has 3 atom stereocenters. The van der Waals surface area contributed by atoms with Crippen molar-refractivity contribution < 1.29 is 28.8 Å². The van der Waals surface area contributed by atoms with Gasteiger partial charge in [0.2, 0.25) is 5.91 Å². The molecule has 0 saturated heterocycles. The standard InChI is InChI=1S/C11H18N2O6S/c1-2-5-20(19)6-8(11(17)18)13-10(16)7(12)3-4-9(14)15/h2,5,7-8H,3-4,6,12H2,1H3,(H,13,16)(H,14,15)(H,17,18)/b5-2+/t7-,8-,20?/m0/s1. The van der Waals surface area contributed by atoms with Crippen molar-refractivity contribution in [3.8, 4) is 0 Å². The van der Waals surface area contributed by atoms with Gasteiger partial charge < -0.3 is 21.3 Å². The Hall–Kier alpha value is -1.74. The summed E-state index contributed by atoms with van der Waals surface area (Å²) >= 11 is 0. The molecule has 9 heteroatoms. The van der Waals surface area contributed by atoms with Crippen molar-refractivity contribution in [1.82, 2.24) is 5.32 Å². The number of nitrogens with two attached hydrogens (primary N) is 1. The molecule has 5 N–H and O–H groups in total. The zero-order chi connectivity index (χ0) is 15.7. The molecule has 8 nitrogen and oxygen atoms in total. The maximum Gasteiger partial charge on any atom is 0.327 e. The number of carboxylic acids is 2. The molecule has 0 aliphatic carbocycles. The molecule has 0 bridgehead atoms. The number of amides is 1. The fourth-order valence-corrected chi connectivity index (χ4v) is 2.20. The SMILES string of the molecule is C/C=C/S(=O)C[C@H](NC(=O)[C@@H](N)CCC(=O)O)C(=O)O. The minimum atomic E-state index is -1.52. The highest BCUT2D eigenvalue weighted by atomic mass is 32.2. The Labute approximate surface area is 118 Å². The Morgan fingerprint density at radius 1 is 1.35 bits per heavy atom. The smallest absolute Gasteiger partial charge is 0.327 e. The van der Waals surface area contributed by atoms with Crippen LogP contribution in [0.4, 0.5) is 0 Å². The zero-order valence-corrected chi connectivity index (χ0v) is 11.8. The highest BCUT2D eigenvalue weighted by molar-refractivity contribution is 7.88. The molecule has 0 heterocycles. The van der Waals surface area contributed by atoms with Crippen molar-refractivity contribution in [3.63, 3.8) is 0 Å². The van der Waals surface area contributed by atoms with E-state index < -0.39 is 40.7 Å². The topological polar surface area (TPSA) is 147 Å². The number of hydrogen-bond donors (Lipinski definition) is 4. The van der Waals surface area contributed by atoms with Gasteiger partial charge in [-0.25, -0.2) is 4.79 Å². The summed E-state index contributed by atoms with van der Waals surface area (Å²) in [5.41, 5.74) is 5.45. The van der Waals surface area contributed by atoms with Crippen LogP contribution in [0.2, 0.25) is 0 Å². The van der Waals surface area contributed by atoms with Crippen molar-refractivity contribution in [1.29, 1.82) is 0 Å². The van der Waals surface area contributed by atoms with E-state index in [2.05, 4.69) is 5.32 Å². The molecule has 0 aromatic carbocycles. The first kappa shape index (κ1) is 18.3. The van der Waals surface area contributed by atoms with Gasteiger partial charge in [0.25, 0.3) is 0 Å². The van der Waals surface area contributed by atoms with E-state index in [4.69, 9.17) is 15.9 Å². The van der Waals surface area contributed by atoms with Crippen LogP contribution in [-0.2, 0) is 25.2 Å². The number of carboxylic acid groups (broad SMARTS) is 2. The first-order valence-corrected chi connectivity index (χ1v) is 7.16. The van der Waals surface area contributed by atoms with Crippen LogP contribution in [0.1, 0.15) is 19.8 Å². The van der Waals surface area contributed by atoms with Crippen molar-refractivity contribution in [2.45, 2.75) is 31.8 Å². The lowest BCUT2D eigenvalue weighted by molar-refractivity contribution is -0.141. The second-order valence-electron chi connectivity index (χ2n) is 3.96. The summed E-state index contributed by atoms with van der Waals surface area (Å²) in [4.78, 5) is 32.9. The second-order valence-corrected chi connectivity index (χ2v) is 5.32. The average molecular weight is 306 g/mol. The lowest BCUT2D eigenvalue weighted by atomic mass is 10.1. The number of nitrogens with one attached hydrogen (secondary N) is 1. The predicted molar refractivity (Wildman–Crippen MR) is 72.2 cm³/mol. The number of carbonyl (C=O) groups excluding carboxylic acids is 1. The van der Waals surface area contributed by atoms with Gasteiger partial charge in [0.15, 0.2) is 0 Å². The first-order valence-electron chi connectivity index (χ1n) is 5.78. The Balaban J connectivity index is 4.51. The van der Waals surface area contributed by atoms with Gasteiger partial charge in [-0.1, -0.05) is 6.08 Å². The predicted octanol–water partition coefficient (Wildman–Crippen LogP) is -0.970. The second kappa shape index (κ2) is 9.21. The Morgan fingerprint density at radius 2 is 1.95 bits per heavy atom. The van der Waals surface area contributed by atoms with E-state index in [9.17, 15) is 18.6 Å². The van der Waals surface area contributed by atoms with Gasteiger partial charge in [-0.2, -0.15) is 0 Å². The van der Waals surface area contributed by atoms with Crippen LogP contribution in [0.15, 0.2) is 11.5 Å². The summed E-state index contributed by atoms with van der Waals surface area (Å²) < 4.78 is 11.4. The fourth-order valence-electron chi connectivity index (χ4n) is 1.24. The van der Waals surface area contributed by atoms with Gasteiger partial charge in [-0.15, -0.1) is 0 Å². The summed E-state index contributed by atoms with van der Waals surface area (Å²) in [7, 11) is -1.52. The molecule has 0 aliphatic heterocycles. The molecule has 1 unspecified atom stereocenters. The van der Waals surface area contributed by atoms with E-state index in [0.717, 1.165) is 0 Å². The monoisotopic (exact) mass is 306 g/mol. The van der Waals surface area contributed by atoms with Crippen LogP contribution < -0.4 is 11.1 Å². The van der Waals surface area contributed by atoms with E-state index in [1.54, 1.807) is 6.92 Å². The fraction of sp³-hybridized carbons (Fsp3) is 0.545. The summed E-state index contributed by atoms with van der Waals surface area (Å²) in [6.07, 6.45) is 1.11. The molecule has 0 aliphatic rings. The average Bonchev–Trinajstić information content (AvgIpc) is 2.34. The molecule has 1 amide bonds. The molecule has 0 radical (unpaired) electrons. The van der Waals surface area contributed by atoms with Crippen molar-refractivity contribution >= 4 is 28.6 Å². The third-order valence-electron chi connectivity index (χ3n) is 2.24. The van der Waals surface area contributed by atoms with Gasteiger partial charge in [0, 0.05) is 17.2 Å². The molecule has 0 spiro atoms. The number of aliphatic carboxylic acids is 2. The minimum absolute atomic E-state index is 0.106. The van der Waals surface area contributed by atoms with Crippen LogP contribution in [0.3, 0.4) is 0 Å². The van der Waals surface area contributed by atoms with Gasteiger partial charge in [-0.3, -0.25) is 13.8 Å². The highest BCUT2D eigenvalue weighted by Gasteiger charge is 2.24.